The van der Waals surface area contributed by atoms with Crippen LogP contribution in [-0.2, 0) is 16.0 Å². The SMILES string of the molecule is Cc1ccc(-c2noc(CCC(=O)N3C[C@@H]4CCC[C@@]4(C(=O)O)C3)n2)cc1F. The summed E-state index contributed by atoms with van der Waals surface area (Å²) in [5.41, 5.74) is 0.274. The Balaban J connectivity index is 1.38. The molecule has 1 amide bonds. The number of nitrogens with zero attached hydrogens (tertiary/aromatic N) is 3. The number of fused-ring (bicyclic) bond motifs is 1. The van der Waals surface area contributed by atoms with E-state index in [1.54, 1.807) is 24.0 Å². The molecule has 2 heterocycles. The van der Waals surface area contributed by atoms with Gasteiger partial charge >= 0.3 is 5.97 Å². The summed E-state index contributed by atoms with van der Waals surface area (Å²) in [6, 6.07) is 4.71. The van der Waals surface area contributed by atoms with Gasteiger partial charge in [0.2, 0.25) is 17.6 Å². The van der Waals surface area contributed by atoms with Gasteiger partial charge < -0.3 is 14.5 Å². The van der Waals surface area contributed by atoms with Crippen molar-refractivity contribution < 1.29 is 23.6 Å². The van der Waals surface area contributed by atoms with Gasteiger partial charge in [0, 0.05) is 31.5 Å². The van der Waals surface area contributed by atoms with Crippen LogP contribution in [0.3, 0.4) is 0 Å². The van der Waals surface area contributed by atoms with Crippen molar-refractivity contribution in [3.63, 3.8) is 0 Å². The van der Waals surface area contributed by atoms with Gasteiger partial charge in [0.1, 0.15) is 5.82 Å². The lowest BCUT2D eigenvalue weighted by molar-refractivity contribution is -0.149. The van der Waals surface area contributed by atoms with Crippen LogP contribution in [0, 0.1) is 24.1 Å². The highest BCUT2D eigenvalue weighted by molar-refractivity contribution is 5.81. The van der Waals surface area contributed by atoms with Crippen molar-refractivity contribution in [1.29, 1.82) is 0 Å². The van der Waals surface area contributed by atoms with Crippen LogP contribution < -0.4 is 0 Å². The number of hydrogen-bond donors (Lipinski definition) is 1. The third kappa shape index (κ3) is 3.16. The smallest absolute Gasteiger partial charge is 0.311 e. The van der Waals surface area contributed by atoms with Crippen molar-refractivity contribution in [2.45, 2.75) is 39.0 Å². The van der Waals surface area contributed by atoms with Crippen molar-refractivity contribution in [3.05, 3.63) is 35.5 Å². The second kappa shape index (κ2) is 7.00. The largest absolute Gasteiger partial charge is 0.481 e. The summed E-state index contributed by atoms with van der Waals surface area (Å²) in [4.78, 5) is 30.2. The van der Waals surface area contributed by atoms with Gasteiger partial charge in [-0.15, -0.1) is 0 Å². The minimum absolute atomic E-state index is 0.0420. The van der Waals surface area contributed by atoms with Crippen LogP contribution in [0.1, 0.15) is 37.1 Å². The maximum Gasteiger partial charge on any atom is 0.311 e. The second-order valence-corrected chi connectivity index (χ2v) is 7.80. The van der Waals surface area contributed by atoms with E-state index in [4.69, 9.17) is 4.52 Å². The number of carboxylic acid groups (broad SMARTS) is 1. The number of carboxylic acids is 1. The van der Waals surface area contributed by atoms with Gasteiger partial charge in [0.25, 0.3) is 0 Å². The minimum atomic E-state index is -0.794. The number of halogens is 1. The molecule has 4 rings (SSSR count). The summed E-state index contributed by atoms with van der Waals surface area (Å²) < 4.78 is 18.9. The predicted molar refractivity (Wildman–Crippen MR) is 96.7 cm³/mol. The molecule has 28 heavy (non-hydrogen) atoms. The van der Waals surface area contributed by atoms with E-state index < -0.39 is 11.4 Å². The minimum Gasteiger partial charge on any atom is -0.481 e. The summed E-state index contributed by atoms with van der Waals surface area (Å²) in [7, 11) is 0. The molecule has 1 aliphatic heterocycles. The maximum absolute atomic E-state index is 13.7. The Kier molecular flexibility index (Phi) is 4.64. The first-order valence-corrected chi connectivity index (χ1v) is 9.49. The second-order valence-electron chi connectivity index (χ2n) is 7.80. The van der Waals surface area contributed by atoms with E-state index in [0.29, 0.717) is 30.0 Å². The summed E-state index contributed by atoms with van der Waals surface area (Å²) in [6.45, 7) is 2.46. The van der Waals surface area contributed by atoms with Crippen LogP contribution >= 0.6 is 0 Å². The van der Waals surface area contributed by atoms with E-state index in [1.807, 2.05) is 0 Å². The molecule has 1 aromatic carbocycles. The molecule has 2 fully saturated rings. The number of carbonyl (C=O) groups excluding carboxylic acids is 1. The molecular formula is C20H22FN3O4. The van der Waals surface area contributed by atoms with E-state index >= 15 is 0 Å². The molecule has 7 nitrogen and oxygen atoms in total. The standard InChI is InChI=1S/C20H22FN3O4/c1-12-4-5-13(9-15(12)21)18-22-16(28-23-18)6-7-17(25)24-10-14-3-2-8-20(14,11-24)19(26)27/h4-5,9,14H,2-3,6-8,10-11H2,1H3,(H,26,27)/t14-,20+/m0/s1. The molecular weight excluding hydrogens is 365 g/mol. The first kappa shape index (κ1) is 18.6. The molecule has 1 N–H and O–H groups in total. The first-order chi connectivity index (χ1) is 13.4. The number of carbonyl (C=O) groups is 2. The van der Waals surface area contributed by atoms with Gasteiger partial charge in [0.05, 0.1) is 5.41 Å². The lowest BCUT2D eigenvalue weighted by Gasteiger charge is -2.23. The van der Waals surface area contributed by atoms with E-state index in [2.05, 4.69) is 10.1 Å². The average molecular weight is 387 g/mol. The van der Waals surface area contributed by atoms with E-state index in [9.17, 15) is 19.1 Å². The summed E-state index contributed by atoms with van der Waals surface area (Å²) in [5.74, 6) is -0.613. The molecule has 2 aliphatic rings. The van der Waals surface area contributed by atoms with Gasteiger partial charge in [-0.05, 0) is 37.3 Å². The Morgan fingerprint density at radius 2 is 2.25 bits per heavy atom. The number of hydrogen-bond acceptors (Lipinski definition) is 5. The van der Waals surface area contributed by atoms with Gasteiger partial charge in [0.15, 0.2) is 0 Å². The molecule has 0 bridgehead atoms. The Morgan fingerprint density at radius 3 is 2.96 bits per heavy atom. The van der Waals surface area contributed by atoms with Crippen molar-refractivity contribution in [1.82, 2.24) is 15.0 Å². The van der Waals surface area contributed by atoms with Gasteiger partial charge in [-0.25, -0.2) is 4.39 Å². The highest BCUT2D eigenvalue weighted by atomic mass is 19.1. The highest BCUT2D eigenvalue weighted by Crippen LogP contribution is 2.49. The molecule has 2 atom stereocenters. The number of rotatable bonds is 5. The summed E-state index contributed by atoms with van der Waals surface area (Å²) in [6.07, 6.45) is 2.84. The predicted octanol–water partition coefficient (Wildman–Crippen LogP) is 2.83. The fourth-order valence-corrected chi connectivity index (χ4v) is 4.41. The normalized spacial score (nSPS) is 23.8. The fourth-order valence-electron chi connectivity index (χ4n) is 4.41. The third-order valence-corrected chi connectivity index (χ3v) is 6.10. The molecule has 1 aliphatic carbocycles. The third-order valence-electron chi connectivity index (χ3n) is 6.10. The van der Waals surface area contributed by atoms with E-state index in [1.165, 1.54) is 6.07 Å². The maximum atomic E-state index is 13.7. The molecule has 2 aromatic rings. The monoisotopic (exact) mass is 387 g/mol. The lowest BCUT2D eigenvalue weighted by atomic mass is 9.81. The van der Waals surface area contributed by atoms with Gasteiger partial charge in [-0.2, -0.15) is 4.98 Å². The van der Waals surface area contributed by atoms with Crippen LogP contribution in [0.4, 0.5) is 4.39 Å². The zero-order chi connectivity index (χ0) is 19.9. The van der Waals surface area contributed by atoms with Crippen LogP contribution in [0.25, 0.3) is 11.4 Å². The Morgan fingerprint density at radius 1 is 1.43 bits per heavy atom. The Bertz CT molecular complexity index is 928. The highest BCUT2D eigenvalue weighted by Gasteiger charge is 2.55. The lowest BCUT2D eigenvalue weighted by Crippen LogP contribution is -2.37. The molecule has 0 spiro atoms. The van der Waals surface area contributed by atoms with Crippen molar-refractivity contribution in [2.24, 2.45) is 11.3 Å². The molecule has 148 valence electrons. The summed E-state index contributed by atoms with van der Waals surface area (Å²) in [5, 5.41) is 13.5. The zero-order valence-corrected chi connectivity index (χ0v) is 15.7. The van der Waals surface area contributed by atoms with Crippen LogP contribution in [0.2, 0.25) is 0 Å². The van der Waals surface area contributed by atoms with E-state index in [0.717, 1.165) is 12.8 Å². The Hall–Kier alpha value is -2.77. The topological polar surface area (TPSA) is 96.5 Å². The number of aryl methyl sites for hydroxylation is 2. The van der Waals surface area contributed by atoms with Crippen molar-refractivity contribution >= 4 is 11.9 Å². The van der Waals surface area contributed by atoms with E-state index in [-0.39, 0.29) is 42.9 Å². The summed E-state index contributed by atoms with van der Waals surface area (Å²) >= 11 is 0. The van der Waals surface area contributed by atoms with Crippen molar-refractivity contribution in [2.75, 3.05) is 13.1 Å². The molecule has 0 unspecified atom stereocenters. The number of likely N-dealkylation sites (tertiary alicyclic amines) is 1. The molecule has 1 saturated heterocycles. The van der Waals surface area contributed by atoms with Gasteiger partial charge in [-0.3, -0.25) is 9.59 Å². The fraction of sp³-hybridized carbons (Fsp3) is 0.500. The molecule has 8 heteroatoms. The first-order valence-electron chi connectivity index (χ1n) is 9.49. The van der Waals surface area contributed by atoms with Gasteiger partial charge in [-0.1, -0.05) is 23.7 Å². The average Bonchev–Trinajstić information content (AvgIpc) is 3.36. The number of benzene rings is 1. The molecule has 1 aromatic heterocycles. The number of amides is 1. The zero-order valence-electron chi connectivity index (χ0n) is 15.7. The van der Waals surface area contributed by atoms with Crippen LogP contribution in [0.5, 0.6) is 0 Å². The molecule has 1 saturated carbocycles. The van der Waals surface area contributed by atoms with Crippen molar-refractivity contribution in [3.8, 4) is 11.4 Å². The van der Waals surface area contributed by atoms with Crippen LogP contribution in [-0.4, -0.2) is 45.1 Å². The number of aliphatic carboxylic acids is 1. The van der Waals surface area contributed by atoms with Crippen LogP contribution in [0.15, 0.2) is 22.7 Å². The quantitative estimate of drug-likeness (QED) is 0.847. The molecule has 0 radical (unpaired) electrons. The Labute approximate surface area is 161 Å². The number of aromatic nitrogens is 2.